The van der Waals surface area contributed by atoms with Crippen LogP contribution in [0.25, 0.3) is 5.69 Å². The summed E-state index contributed by atoms with van der Waals surface area (Å²) >= 11 is 9.09. The highest BCUT2D eigenvalue weighted by Gasteiger charge is 2.24. The van der Waals surface area contributed by atoms with Gasteiger partial charge in [-0.15, -0.1) is 21.5 Å². The number of nitrogens with zero attached hydrogens (tertiary/aromatic N) is 4. The third kappa shape index (κ3) is 5.52. The van der Waals surface area contributed by atoms with Gasteiger partial charge in [-0.2, -0.15) is 5.26 Å². The standard InChI is InChI=1S/C27H24ClN5O2S2/c1-17(35-22-13-7-6-12-21(22)28)25-31-32-27(33(25)18-9-3-2-4-10-18)36-16-24(34)30-26-20(15-29)19-11-5-8-14-23(19)37-26/h2-4,6-7,9-10,12-13,17H,5,8,11,14,16H2,1H3,(H,30,34). The van der Waals surface area contributed by atoms with Gasteiger partial charge in [-0.1, -0.05) is 53.7 Å². The number of benzene rings is 2. The zero-order valence-corrected chi connectivity index (χ0v) is 22.5. The highest BCUT2D eigenvalue weighted by molar-refractivity contribution is 7.99. The second-order valence-electron chi connectivity index (χ2n) is 8.57. The average molecular weight is 550 g/mol. The molecule has 0 bridgehead atoms. The largest absolute Gasteiger partial charge is 0.481 e. The normalized spacial score (nSPS) is 13.4. The molecule has 0 fully saturated rings. The van der Waals surface area contributed by atoms with Crippen molar-refractivity contribution in [3.05, 3.63) is 81.4 Å². The number of carbonyl (C=O) groups excluding carboxylic acids is 1. The lowest BCUT2D eigenvalue weighted by atomic mass is 9.96. The Balaban J connectivity index is 1.35. The van der Waals surface area contributed by atoms with Crippen LogP contribution in [-0.4, -0.2) is 26.4 Å². The number of fused-ring (bicyclic) bond motifs is 1. The van der Waals surface area contributed by atoms with Crippen LogP contribution in [0.1, 0.15) is 47.7 Å². The molecular formula is C27H24ClN5O2S2. The molecule has 2 aromatic heterocycles. The number of anilines is 1. The smallest absolute Gasteiger partial charge is 0.235 e. The Kier molecular flexibility index (Phi) is 7.79. The lowest BCUT2D eigenvalue weighted by Gasteiger charge is -2.17. The Morgan fingerprint density at radius 3 is 2.73 bits per heavy atom. The molecule has 0 saturated carbocycles. The quantitative estimate of drug-likeness (QED) is 0.249. The van der Waals surface area contributed by atoms with Crippen LogP contribution in [0.15, 0.2) is 59.8 Å². The first-order chi connectivity index (χ1) is 18.0. The molecule has 1 N–H and O–H groups in total. The number of thioether (sulfide) groups is 1. The van der Waals surface area contributed by atoms with E-state index in [2.05, 4.69) is 21.6 Å². The molecular weight excluding hydrogens is 526 g/mol. The second-order valence-corrected chi connectivity index (χ2v) is 11.0. The number of ether oxygens (including phenoxy) is 1. The SMILES string of the molecule is CC(Oc1ccccc1Cl)c1nnc(SCC(=O)Nc2sc3c(c2C#N)CCCC3)n1-c1ccccc1. The van der Waals surface area contributed by atoms with Gasteiger partial charge in [0.2, 0.25) is 5.91 Å². The number of nitriles is 1. The number of hydrogen-bond donors (Lipinski definition) is 1. The molecule has 37 heavy (non-hydrogen) atoms. The van der Waals surface area contributed by atoms with E-state index in [0.29, 0.717) is 32.3 Å². The van der Waals surface area contributed by atoms with Crippen molar-refractivity contribution < 1.29 is 9.53 Å². The van der Waals surface area contributed by atoms with Crippen LogP contribution in [0.5, 0.6) is 5.75 Å². The summed E-state index contributed by atoms with van der Waals surface area (Å²) in [4.78, 5) is 14.1. The van der Waals surface area contributed by atoms with Gasteiger partial charge < -0.3 is 10.1 Å². The Morgan fingerprint density at radius 1 is 1.19 bits per heavy atom. The van der Waals surface area contributed by atoms with Crippen molar-refractivity contribution in [1.29, 1.82) is 5.26 Å². The first kappa shape index (κ1) is 25.3. The summed E-state index contributed by atoms with van der Waals surface area (Å²) in [5, 5.41) is 23.1. The van der Waals surface area contributed by atoms with Gasteiger partial charge in [-0.05, 0) is 62.4 Å². The van der Waals surface area contributed by atoms with Crippen molar-refractivity contribution in [3.8, 4) is 17.5 Å². The van der Waals surface area contributed by atoms with Gasteiger partial charge >= 0.3 is 0 Å². The van der Waals surface area contributed by atoms with Gasteiger partial charge in [0.05, 0.1) is 16.3 Å². The van der Waals surface area contributed by atoms with Crippen molar-refractivity contribution in [3.63, 3.8) is 0 Å². The Bertz CT molecular complexity index is 1460. The number of rotatable bonds is 8. The number of nitrogens with one attached hydrogen (secondary N) is 1. The summed E-state index contributed by atoms with van der Waals surface area (Å²) in [6.45, 7) is 1.88. The minimum Gasteiger partial charge on any atom is -0.481 e. The maximum atomic E-state index is 12.9. The summed E-state index contributed by atoms with van der Waals surface area (Å²) in [6, 6.07) is 19.3. The molecule has 5 rings (SSSR count). The fraction of sp³-hybridized carbons (Fsp3) is 0.259. The van der Waals surface area contributed by atoms with Crippen LogP contribution in [0.2, 0.25) is 5.02 Å². The third-order valence-electron chi connectivity index (χ3n) is 6.05. The molecule has 7 nitrogen and oxygen atoms in total. The minimum atomic E-state index is -0.452. The highest BCUT2D eigenvalue weighted by Crippen LogP contribution is 2.38. The van der Waals surface area contributed by atoms with E-state index in [1.165, 1.54) is 28.0 Å². The molecule has 2 aromatic carbocycles. The van der Waals surface area contributed by atoms with Crippen molar-refractivity contribution in [2.75, 3.05) is 11.1 Å². The molecule has 2 heterocycles. The van der Waals surface area contributed by atoms with Crippen molar-refractivity contribution >= 4 is 45.6 Å². The van der Waals surface area contributed by atoms with E-state index in [-0.39, 0.29) is 11.7 Å². The predicted octanol–water partition coefficient (Wildman–Crippen LogP) is 6.60. The van der Waals surface area contributed by atoms with E-state index in [1.807, 2.05) is 54.0 Å². The fourth-order valence-electron chi connectivity index (χ4n) is 4.31. The van der Waals surface area contributed by atoms with Crippen LogP contribution in [-0.2, 0) is 17.6 Å². The van der Waals surface area contributed by atoms with Gasteiger partial charge in [0.15, 0.2) is 17.1 Å². The number of halogens is 1. The van der Waals surface area contributed by atoms with Gasteiger partial charge in [-0.3, -0.25) is 9.36 Å². The van der Waals surface area contributed by atoms with E-state index >= 15 is 0 Å². The van der Waals surface area contributed by atoms with Gasteiger partial charge in [0.25, 0.3) is 0 Å². The lowest BCUT2D eigenvalue weighted by molar-refractivity contribution is -0.113. The molecule has 1 atom stereocenters. The van der Waals surface area contributed by atoms with E-state index in [4.69, 9.17) is 16.3 Å². The molecule has 4 aromatic rings. The number of aryl methyl sites for hydroxylation is 1. The number of hydrogen-bond acceptors (Lipinski definition) is 7. The molecule has 10 heteroatoms. The molecule has 0 radical (unpaired) electrons. The maximum Gasteiger partial charge on any atom is 0.235 e. The van der Waals surface area contributed by atoms with Crippen molar-refractivity contribution in [2.24, 2.45) is 0 Å². The third-order valence-corrected chi connectivity index (χ3v) is 8.49. The molecule has 0 aliphatic heterocycles. The Morgan fingerprint density at radius 2 is 1.95 bits per heavy atom. The zero-order chi connectivity index (χ0) is 25.8. The van der Waals surface area contributed by atoms with E-state index in [1.54, 1.807) is 12.1 Å². The van der Waals surface area contributed by atoms with Gasteiger partial charge in [-0.25, -0.2) is 0 Å². The van der Waals surface area contributed by atoms with E-state index in [9.17, 15) is 10.1 Å². The van der Waals surface area contributed by atoms with Gasteiger partial charge in [0.1, 0.15) is 16.8 Å². The first-order valence-corrected chi connectivity index (χ1v) is 14.1. The number of carbonyl (C=O) groups is 1. The topological polar surface area (TPSA) is 92.8 Å². The Hall–Kier alpha value is -3.32. The molecule has 1 unspecified atom stereocenters. The molecule has 188 valence electrons. The van der Waals surface area contributed by atoms with Crippen LogP contribution in [0, 0.1) is 11.3 Å². The van der Waals surface area contributed by atoms with Gasteiger partial charge in [0, 0.05) is 10.6 Å². The summed E-state index contributed by atoms with van der Waals surface area (Å²) < 4.78 is 8.00. The number of para-hydroxylation sites is 2. The zero-order valence-electron chi connectivity index (χ0n) is 20.1. The highest BCUT2D eigenvalue weighted by atomic mass is 35.5. The predicted molar refractivity (Wildman–Crippen MR) is 147 cm³/mol. The number of aromatic nitrogens is 3. The van der Waals surface area contributed by atoms with Crippen LogP contribution in [0.3, 0.4) is 0 Å². The summed E-state index contributed by atoms with van der Waals surface area (Å²) in [5.74, 6) is 1.08. The van der Waals surface area contributed by atoms with Crippen LogP contribution < -0.4 is 10.1 Å². The second kappa shape index (κ2) is 11.4. The number of thiophene rings is 1. The maximum absolute atomic E-state index is 12.9. The average Bonchev–Trinajstić information content (AvgIpc) is 3.50. The minimum absolute atomic E-state index is 0.123. The molecule has 0 saturated heterocycles. The van der Waals surface area contributed by atoms with E-state index < -0.39 is 6.10 Å². The van der Waals surface area contributed by atoms with Crippen LogP contribution >= 0.6 is 34.7 Å². The van der Waals surface area contributed by atoms with Crippen LogP contribution in [0.4, 0.5) is 5.00 Å². The summed E-state index contributed by atoms with van der Waals surface area (Å²) in [5.41, 5.74) is 2.57. The monoisotopic (exact) mass is 549 g/mol. The Labute approximate surface area is 228 Å². The molecule has 1 aliphatic rings. The molecule has 1 aliphatic carbocycles. The fourth-order valence-corrected chi connectivity index (χ4v) is 6.50. The number of amides is 1. The first-order valence-electron chi connectivity index (χ1n) is 11.9. The lowest BCUT2D eigenvalue weighted by Crippen LogP contribution is -2.15. The molecule has 1 amide bonds. The van der Waals surface area contributed by atoms with Crippen molar-refractivity contribution in [1.82, 2.24) is 14.8 Å². The van der Waals surface area contributed by atoms with E-state index in [0.717, 1.165) is 36.9 Å². The molecule has 0 spiro atoms. The van der Waals surface area contributed by atoms with Crippen molar-refractivity contribution in [2.45, 2.75) is 43.9 Å². The summed E-state index contributed by atoms with van der Waals surface area (Å²) in [7, 11) is 0. The summed E-state index contributed by atoms with van der Waals surface area (Å²) in [6.07, 6.45) is 3.62.